The Morgan fingerprint density at radius 1 is 1.03 bits per heavy atom. The zero-order chi connectivity index (χ0) is 25.1. The molecular formula is C28H34N4O4. The van der Waals surface area contributed by atoms with Gasteiger partial charge in [0.1, 0.15) is 17.8 Å². The lowest BCUT2D eigenvalue weighted by Crippen LogP contribution is -2.57. The minimum atomic E-state index is -0.723. The number of hydrogen-bond acceptors (Lipinski definition) is 5. The van der Waals surface area contributed by atoms with E-state index in [4.69, 9.17) is 4.74 Å². The van der Waals surface area contributed by atoms with E-state index in [0.29, 0.717) is 45.6 Å². The van der Waals surface area contributed by atoms with Crippen LogP contribution in [0.5, 0.6) is 5.75 Å². The summed E-state index contributed by atoms with van der Waals surface area (Å²) in [6.07, 6.45) is 3.76. The molecule has 8 heteroatoms. The van der Waals surface area contributed by atoms with Crippen molar-refractivity contribution < 1.29 is 19.1 Å². The zero-order valence-corrected chi connectivity index (χ0v) is 20.8. The summed E-state index contributed by atoms with van der Waals surface area (Å²) >= 11 is 0. The van der Waals surface area contributed by atoms with Crippen molar-refractivity contribution in [2.45, 2.75) is 37.6 Å². The first-order valence-electron chi connectivity index (χ1n) is 12.8. The Morgan fingerprint density at radius 3 is 2.42 bits per heavy atom. The number of benzene rings is 2. The summed E-state index contributed by atoms with van der Waals surface area (Å²) in [6, 6.07) is 17.7. The monoisotopic (exact) mass is 490 g/mol. The minimum absolute atomic E-state index is 0.0144. The van der Waals surface area contributed by atoms with Crippen LogP contribution in [0.1, 0.15) is 31.2 Å². The number of para-hydroxylation sites is 2. The summed E-state index contributed by atoms with van der Waals surface area (Å²) < 4.78 is 5.39. The summed E-state index contributed by atoms with van der Waals surface area (Å²) in [4.78, 5) is 44.9. The number of rotatable bonds is 8. The molecule has 5 rings (SSSR count). The van der Waals surface area contributed by atoms with E-state index >= 15 is 0 Å². The van der Waals surface area contributed by atoms with Crippen LogP contribution in [0.4, 0.5) is 5.69 Å². The van der Waals surface area contributed by atoms with Crippen molar-refractivity contribution in [3.05, 3.63) is 60.2 Å². The molecule has 1 saturated carbocycles. The molecule has 8 nitrogen and oxygen atoms in total. The molecular weight excluding hydrogens is 456 g/mol. The third-order valence-corrected chi connectivity index (χ3v) is 7.65. The lowest BCUT2D eigenvalue weighted by Gasteiger charge is -2.43. The fraction of sp³-hybridized carbons (Fsp3) is 0.464. The second-order valence-corrected chi connectivity index (χ2v) is 9.95. The number of amides is 3. The molecule has 2 heterocycles. The summed E-state index contributed by atoms with van der Waals surface area (Å²) in [5.74, 6) is 1.01. The number of nitrogens with one attached hydrogen (secondary N) is 1. The number of ether oxygens (including phenoxy) is 1. The molecule has 1 spiro atoms. The fourth-order valence-corrected chi connectivity index (χ4v) is 5.48. The Kier molecular flexibility index (Phi) is 6.85. The van der Waals surface area contributed by atoms with E-state index in [1.54, 1.807) is 12.0 Å². The third kappa shape index (κ3) is 4.76. The molecule has 2 aliphatic heterocycles. The molecule has 1 N–H and O–H groups in total. The van der Waals surface area contributed by atoms with E-state index in [-0.39, 0.29) is 30.2 Å². The van der Waals surface area contributed by atoms with Gasteiger partial charge in [0.05, 0.1) is 13.8 Å². The largest absolute Gasteiger partial charge is 0.496 e. The molecule has 36 heavy (non-hydrogen) atoms. The van der Waals surface area contributed by atoms with E-state index in [2.05, 4.69) is 10.2 Å². The molecule has 0 unspecified atom stereocenters. The molecule has 1 aliphatic carbocycles. The van der Waals surface area contributed by atoms with Crippen LogP contribution in [0.15, 0.2) is 54.6 Å². The van der Waals surface area contributed by atoms with Gasteiger partial charge in [0.2, 0.25) is 11.8 Å². The Morgan fingerprint density at radius 2 is 1.72 bits per heavy atom. The maximum Gasteiger partial charge on any atom is 0.250 e. The Bertz CT molecular complexity index is 1110. The van der Waals surface area contributed by atoms with Crippen LogP contribution >= 0.6 is 0 Å². The first-order valence-corrected chi connectivity index (χ1v) is 12.8. The first-order chi connectivity index (χ1) is 17.5. The highest BCUT2D eigenvalue weighted by molar-refractivity contribution is 5.96. The van der Waals surface area contributed by atoms with E-state index in [0.717, 1.165) is 29.8 Å². The first kappa shape index (κ1) is 24.2. The third-order valence-electron chi connectivity index (χ3n) is 7.65. The lowest BCUT2D eigenvalue weighted by atomic mass is 9.85. The Balaban J connectivity index is 1.24. The molecule has 2 aromatic rings. The van der Waals surface area contributed by atoms with Crippen molar-refractivity contribution in [1.82, 2.24) is 15.1 Å². The van der Waals surface area contributed by atoms with Crippen molar-refractivity contribution in [3.8, 4) is 5.75 Å². The molecule has 190 valence electrons. The quantitative estimate of drug-likeness (QED) is 0.615. The highest BCUT2D eigenvalue weighted by atomic mass is 16.5. The second kappa shape index (κ2) is 10.2. The van der Waals surface area contributed by atoms with Crippen LogP contribution < -0.4 is 15.0 Å². The van der Waals surface area contributed by atoms with Gasteiger partial charge in [-0.05, 0) is 55.9 Å². The SMILES string of the molecule is COc1ccccc1CCNC(=O)CN1CN(c2ccccc2)C2(CCN(C(=O)C3CC3)CC2)C1=O. The summed E-state index contributed by atoms with van der Waals surface area (Å²) in [6.45, 7) is 1.99. The highest BCUT2D eigenvalue weighted by Gasteiger charge is 2.54. The van der Waals surface area contributed by atoms with Gasteiger partial charge in [-0.1, -0.05) is 36.4 Å². The van der Waals surface area contributed by atoms with Crippen LogP contribution in [-0.4, -0.2) is 73.0 Å². The molecule has 3 amide bonds. The van der Waals surface area contributed by atoms with Gasteiger partial charge in [-0.25, -0.2) is 0 Å². The van der Waals surface area contributed by atoms with Crippen molar-refractivity contribution in [1.29, 1.82) is 0 Å². The van der Waals surface area contributed by atoms with Crippen LogP contribution in [0.25, 0.3) is 0 Å². The molecule has 0 bridgehead atoms. The standard InChI is InChI=1S/C28H34N4O4/c1-36-24-10-6-5-7-21(24)13-16-29-25(33)19-31-20-32(23-8-3-2-4-9-23)28(27(31)35)14-17-30(18-15-28)26(34)22-11-12-22/h2-10,22H,11-20H2,1H3,(H,29,33). The van der Waals surface area contributed by atoms with Gasteiger partial charge in [-0.15, -0.1) is 0 Å². The number of piperidine rings is 1. The summed E-state index contributed by atoms with van der Waals surface area (Å²) in [5, 5.41) is 2.96. The van der Waals surface area contributed by atoms with Gasteiger partial charge in [-0.3, -0.25) is 14.4 Å². The minimum Gasteiger partial charge on any atom is -0.496 e. The highest BCUT2D eigenvalue weighted by Crippen LogP contribution is 2.40. The summed E-state index contributed by atoms with van der Waals surface area (Å²) in [7, 11) is 1.64. The number of anilines is 1. The number of nitrogens with zero attached hydrogens (tertiary/aromatic N) is 3. The predicted octanol–water partition coefficient (Wildman–Crippen LogP) is 2.43. The second-order valence-electron chi connectivity index (χ2n) is 9.95. The van der Waals surface area contributed by atoms with Crippen molar-refractivity contribution >= 4 is 23.4 Å². The van der Waals surface area contributed by atoms with Crippen LogP contribution in [0, 0.1) is 5.92 Å². The number of carbonyl (C=O) groups is 3. The zero-order valence-electron chi connectivity index (χ0n) is 20.8. The van der Waals surface area contributed by atoms with E-state index in [9.17, 15) is 14.4 Å². The van der Waals surface area contributed by atoms with Gasteiger partial charge in [0.25, 0.3) is 5.91 Å². The topological polar surface area (TPSA) is 82.2 Å². The van der Waals surface area contributed by atoms with Crippen molar-refractivity contribution in [2.75, 3.05) is 44.9 Å². The number of carbonyl (C=O) groups excluding carboxylic acids is 3. The molecule has 0 atom stereocenters. The molecule has 3 aliphatic rings. The fourth-order valence-electron chi connectivity index (χ4n) is 5.48. The molecule has 2 saturated heterocycles. The molecule has 2 aromatic carbocycles. The predicted molar refractivity (Wildman–Crippen MR) is 136 cm³/mol. The average Bonchev–Trinajstić information content (AvgIpc) is 3.73. The molecule has 0 aromatic heterocycles. The van der Waals surface area contributed by atoms with Crippen molar-refractivity contribution in [2.24, 2.45) is 5.92 Å². The Hall–Kier alpha value is -3.55. The van der Waals surface area contributed by atoms with Crippen LogP contribution in [0.2, 0.25) is 0 Å². The number of methoxy groups -OCH3 is 1. The van der Waals surface area contributed by atoms with Gasteiger partial charge in [0, 0.05) is 31.2 Å². The van der Waals surface area contributed by atoms with Crippen molar-refractivity contribution in [3.63, 3.8) is 0 Å². The lowest BCUT2D eigenvalue weighted by molar-refractivity contribution is -0.140. The van der Waals surface area contributed by atoms with E-state index < -0.39 is 5.54 Å². The maximum atomic E-state index is 13.8. The molecule has 3 fully saturated rings. The number of likely N-dealkylation sites (tertiary alicyclic amines) is 1. The maximum absolute atomic E-state index is 13.8. The van der Waals surface area contributed by atoms with Gasteiger partial charge in [0.15, 0.2) is 0 Å². The van der Waals surface area contributed by atoms with Gasteiger partial charge >= 0.3 is 0 Å². The van der Waals surface area contributed by atoms with E-state index in [1.165, 1.54) is 0 Å². The van der Waals surface area contributed by atoms with E-state index in [1.807, 2.05) is 59.5 Å². The Labute approximate surface area is 212 Å². The molecule has 0 radical (unpaired) electrons. The number of hydrogen-bond donors (Lipinski definition) is 1. The summed E-state index contributed by atoms with van der Waals surface area (Å²) in [5.41, 5.74) is 1.27. The average molecular weight is 491 g/mol. The smallest absolute Gasteiger partial charge is 0.250 e. The van der Waals surface area contributed by atoms with Gasteiger partial charge < -0.3 is 24.8 Å². The van der Waals surface area contributed by atoms with Crippen LogP contribution in [-0.2, 0) is 20.8 Å². The van der Waals surface area contributed by atoms with Gasteiger partial charge in [-0.2, -0.15) is 0 Å². The normalized spacial score (nSPS) is 19.0. The van der Waals surface area contributed by atoms with Crippen LogP contribution in [0.3, 0.4) is 0 Å².